The van der Waals surface area contributed by atoms with Crippen molar-refractivity contribution in [3.05, 3.63) is 60.2 Å². The van der Waals surface area contributed by atoms with Gasteiger partial charge >= 0.3 is 6.09 Å². The van der Waals surface area contributed by atoms with Crippen molar-refractivity contribution >= 4 is 23.5 Å². The highest BCUT2D eigenvalue weighted by molar-refractivity contribution is 7.98. The first-order chi connectivity index (χ1) is 11.7. The fraction of sp³-hybridized carbons (Fsp3) is 0.316. The summed E-state index contributed by atoms with van der Waals surface area (Å²) in [6, 6.07) is 18.6. The lowest BCUT2D eigenvalue weighted by molar-refractivity contribution is 0.129. The molecular formula is C19H22N2O2S. The van der Waals surface area contributed by atoms with Crippen LogP contribution in [0.1, 0.15) is 18.4 Å². The van der Waals surface area contributed by atoms with Crippen molar-refractivity contribution in [3.8, 4) is 0 Å². The van der Waals surface area contributed by atoms with Gasteiger partial charge in [-0.2, -0.15) is 0 Å². The number of nitrogens with one attached hydrogen (secondary N) is 2. The Labute approximate surface area is 147 Å². The van der Waals surface area contributed by atoms with Gasteiger partial charge < -0.3 is 15.4 Å². The van der Waals surface area contributed by atoms with Crippen LogP contribution in [0.15, 0.2) is 59.5 Å². The molecule has 1 amide bonds. The Morgan fingerprint density at radius 1 is 1.08 bits per heavy atom. The summed E-state index contributed by atoms with van der Waals surface area (Å²) in [7, 11) is 0. The molecule has 0 atom stereocenters. The summed E-state index contributed by atoms with van der Waals surface area (Å²) in [6.45, 7) is 0.308. The topological polar surface area (TPSA) is 50.4 Å². The molecule has 0 unspecified atom stereocenters. The molecule has 1 aliphatic carbocycles. The van der Waals surface area contributed by atoms with Gasteiger partial charge in [-0.25, -0.2) is 4.79 Å². The molecule has 126 valence electrons. The van der Waals surface area contributed by atoms with Crippen LogP contribution >= 0.6 is 11.8 Å². The summed E-state index contributed by atoms with van der Waals surface area (Å²) in [5, 5.41) is 6.47. The number of hydrogen-bond donors (Lipinski definition) is 2. The molecule has 0 spiro atoms. The van der Waals surface area contributed by atoms with E-state index in [4.69, 9.17) is 4.74 Å². The number of para-hydroxylation sites is 1. The van der Waals surface area contributed by atoms with Crippen LogP contribution in [0.2, 0.25) is 0 Å². The third-order valence-electron chi connectivity index (χ3n) is 4.14. The zero-order valence-electron chi connectivity index (χ0n) is 13.7. The Balaban J connectivity index is 1.38. The van der Waals surface area contributed by atoms with Crippen LogP contribution in [0.25, 0.3) is 0 Å². The van der Waals surface area contributed by atoms with E-state index in [0.717, 1.165) is 18.4 Å². The highest BCUT2D eigenvalue weighted by Gasteiger charge is 2.30. The Bertz CT molecular complexity index is 672. The number of amides is 1. The number of ether oxygens (including phenoxy) is 1. The third-order valence-corrected chi connectivity index (χ3v) is 4.94. The van der Waals surface area contributed by atoms with Crippen molar-refractivity contribution in [2.45, 2.75) is 36.4 Å². The van der Waals surface area contributed by atoms with Gasteiger partial charge in [0.25, 0.3) is 0 Å². The molecule has 0 saturated heterocycles. The van der Waals surface area contributed by atoms with Crippen molar-refractivity contribution < 1.29 is 9.53 Å². The maximum Gasteiger partial charge on any atom is 0.407 e. The summed E-state index contributed by atoms with van der Waals surface area (Å²) < 4.78 is 5.25. The number of thioether (sulfide) groups is 1. The first-order valence-electron chi connectivity index (χ1n) is 8.11. The molecule has 0 radical (unpaired) electrons. The number of hydrogen-bond acceptors (Lipinski definition) is 4. The summed E-state index contributed by atoms with van der Waals surface area (Å²) in [5.41, 5.74) is 2.16. The number of carbonyl (C=O) groups is 1. The normalized spacial score (nSPS) is 19.2. The lowest BCUT2D eigenvalue weighted by Crippen LogP contribution is -2.49. The van der Waals surface area contributed by atoms with Gasteiger partial charge in [-0.1, -0.05) is 42.5 Å². The molecule has 24 heavy (non-hydrogen) atoms. The zero-order chi connectivity index (χ0) is 16.8. The van der Waals surface area contributed by atoms with Gasteiger partial charge in [-0.05, 0) is 36.8 Å². The predicted octanol–water partition coefficient (Wildman–Crippen LogP) is 4.28. The van der Waals surface area contributed by atoms with Gasteiger partial charge in [-0.15, -0.1) is 11.8 Å². The minimum atomic E-state index is -0.341. The molecule has 1 fully saturated rings. The molecule has 2 aromatic rings. The molecule has 0 aliphatic heterocycles. The van der Waals surface area contributed by atoms with E-state index in [1.807, 2.05) is 42.5 Å². The van der Waals surface area contributed by atoms with Crippen molar-refractivity contribution in [3.63, 3.8) is 0 Å². The summed E-state index contributed by atoms with van der Waals surface area (Å²) in [4.78, 5) is 13.1. The second-order valence-electron chi connectivity index (χ2n) is 5.92. The van der Waals surface area contributed by atoms with Gasteiger partial charge in [0.05, 0.1) is 0 Å². The number of carbonyl (C=O) groups excluding carboxylic acids is 1. The molecule has 1 aliphatic rings. The number of rotatable bonds is 6. The van der Waals surface area contributed by atoms with Gasteiger partial charge in [0, 0.05) is 22.7 Å². The first-order valence-corrected chi connectivity index (χ1v) is 9.34. The van der Waals surface area contributed by atoms with E-state index in [-0.39, 0.29) is 12.1 Å². The summed E-state index contributed by atoms with van der Waals surface area (Å²) in [5.74, 6) is 0. The monoisotopic (exact) mass is 342 g/mol. The van der Waals surface area contributed by atoms with E-state index in [2.05, 4.69) is 29.0 Å². The quantitative estimate of drug-likeness (QED) is 0.770. The smallest absolute Gasteiger partial charge is 0.407 e. The number of anilines is 1. The first kappa shape index (κ1) is 16.7. The van der Waals surface area contributed by atoms with E-state index in [9.17, 15) is 4.79 Å². The van der Waals surface area contributed by atoms with Gasteiger partial charge in [-0.3, -0.25) is 0 Å². The molecule has 3 rings (SSSR count). The molecular weight excluding hydrogens is 320 g/mol. The van der Waals surface area contributed by atoms with Crippen LogP contribution in [0.4, 0.5) is 10.5 Å². The largest absolute Gasteiger partial charge is 0.445 e. The van der Waals surface area contributed by atoms with Crippen molar-refractivity contribution in [2.75, 3.05) is 11.6 Å². The molecule has 0 aromatic heterocycles. The number of benzene rings is 2. The Kier molecular flexibility index (Phi) is 5.64. The Hall–Kier alpha value is -2.14. The average Bonchev–Trinajstić information content (AvgIpc) is 2.59. The molecule has 2 aromatic carbocycles. The van der Waals surface area contributed by atoms with Gasteiger partial charge in [0.15, 0.2) is 0 Å². The zero-order valence-corrected chi connectivity index (χ0v) is 14.5. The van der Waals surface area contributed by atoms with Gasteiger partial charge in [0.1, 0.15) is 6.61 Å². The maximum absolute atomic E-state index is 11.8. The SMILES string of the molecule is CSc1ccccc1NC1CC(NC(=O)OCc2ccccc2)C1. The van der Waals surface area contributed by atoms with Crippen LogP contribution in [-0.4, -0.2) is 24.4 Å². The average molecular weight is 342 g/mol. The molecule has 1 saturated carbocycles. The van der Waals surface area contributed by atoms with Crippen LogP contribution in [0, 0.1) is 0 Å². The minimum absolute atomic E-state index is 0.187. The molecule has 5 heteroatoms. The highest BCUT2D eigenvalue weighted by Crippen LogP contribution is 2.30. The molecule has 2 N–H and O–H groups in total. The predicted molar refractivity (Wildman–Crippen MR) is 98.4 cm³/mol. The van der Waals surface area contributed by atoms with E-state index in [1.54, 1.807) is 11.8 Å². The second-order valence-corrected chi connectivity index (χ2v) is 6.76. The van der Waals surface area contributed by atoms with Crippen LogP contribution in [0.3, 0.4) is 0 Å². The fourth-order valence-electron chi connectivity index (χ4n) is 2.77. The van der Waals surface area contributed by atoms with Crippen LogP contribution < -0.4 is 10.6 Å². The summed E-state index contributed by atoms with van der Waals surface area (Å²) in [6.07, 6.45) is 3.58. The molecule has 0 bridgehead atoms. The van der Waals surface area contributed by atoms with Crippen LogP contribution in [0.5, 0.6) is 0 Å². The maximum atomic E-state index is 11.8. The lowest BCUT2D eigenvalue weighted by atomic mass is 9.86. The van der Waals surface area contributed by atoms with Crippen molar-refractivity contribution in [1.82, 2.24) is 5.32 Å². The Morgan fingerprint density at radius 2 is 1.79 bits per heavy atom. The third kappa shape index (κ3) is 4.45. The van der Waals surface area contributed by atoms with E-state index >= 15 is 0 Å². The minimum Gasteiger partial charge on any atom is -0.445 e. The molecule has 4 nitrogen and oxygen atoms in total. The number of alkyl carbamates (subject to hydrolysis) is 1. The highest BCUT2D eigenvalue weighted by atomic mass is 32.2. The van der Waals surface area contributed by atoms with Crippen LogP contribution in [-0.2, 0) is 11.3 Å². The second kappa shape index (κ2) is 8.11. The van der Waals surface area contributed by atoms with Crippen molar-refractivity contribution in [1.29, 1.82) is 0 Å². The van der Waals surface area contributed by atoms with Gasteiger partial charge in [0.2, 0.25) is 0 Å². The van der Waals surface area contributed by atoms with E-state index < -0.39 is 0 Å². The Morgan fingerprint density at radius 3 is 2.54 bits per heavy atom. The van der Waals surface area contributed by atoms with Crippen molar-refractivity contribution in [2.24, 2.45) is 0 Å². The fourth-order valence-corrected chi connectivity index (χ4v) is 3.33. The lowest BCUT2D eigenvalue weighted by Gasteiger charge is -2.36. The standard InChI is InChI=1S/C19H22N2O2S/c1-24-18-10-6-5-9-17(18)20-15-11-16(12-15)21-19(22)23-13-14-7-3-2-4-8-14/h2-10,15-16,20H,11-13H2,1H3,(H,21,22). The van der Waals surface area contributed by atoms with E-state index in [0.29, 0.717) is 12.6 Å². The molecule has 0 heterocycles. The summed E-state index contributed by atoms with van der Waals surface area (Å²) >= 11 is 1.74. The van der Waals surface area contributed by atoms with E-state index in [1.165, 1.54) is 10.6 Å².